The first-order valence-electron chi connectivity index (χ1n) is 3.75. The Bertz CT molecular complexity index is 148. The van der Waals surface area contributed by atoms with Crippen LogP contribution >= 0.6 is 0 Å². The van der Waals surface area contributed by atoms with Crippen LogP contribution in [0.25, 0.3) is 0 Å². The summed E-state index contributed by atoms with van der Waals surface area (Å²) < 4.78 is 0. The minimum atomic E-state index is -0.773. The van der Waals surface area contributed by atoms with Gasteiger partial charge in [0.15, 0.2) is 0 Å². The highest BCUT2D eigenvalue weighted by molar-refractivity contribution is 5.68. The van der Waals surface area contributed by atoms with Crippen molar-refractivity contribution in [3.05, 3.63) is 24.8 Å². The number of carbonyl (C=O) groups is 1. The summed E-state index contributed by atoms with van der Waals surface area (Å²) in [4.78, 5) is 10.0. The molecule has 0 spiro atoms. The van der Waals surface area contributed by atoms with Crippen molar-refractivity contribution in [2.45, 2.75) is 25.7 Å². The third-order valence-corrected chi connectivity index (χ3v) is 1.24. The van der Waals surface area contributed by atoms with Crippen molar-refractivity contribution in [2.75, 3.05) is 0 Å². The Kier molecular flexibility index (Phi) is 6.39. The summed E-state index contributed by atoms with van der Waals surface area (Å²) in [6.07, 6.45) is 8.58. The molecule has 0 atom stereocenters. The minimum Gasteiger partial charge on any atom is -0.481 e. The van der Waals surface area contributed by atoms with Crippen molar-refractivity contribution in [2.24, 2.45) is 0 Å². The van der Waals surface area contributed by atoms with Crippen molar-refractivity contribution in [3.8, 4) is 0 Å². The number of rotatable bonds is 6. The fourth-order valence-corrected chi connectivity index (χ4v) is 0.682. The third-order valence-electron chi connectivity index (χ3n) is 1.24. The predicted octanol–water partition coefficient (Wildman–Crippen LogP) is 2.37. The number of unbranched alkanes of at least 4 members (excludes halogenated alkanes) is 2. The van der Waals surface area contributed by atoms with Gasteiger partial charge >= 0.3 is 5.97 Å². The van der Waals surface area contributed by atoms with E-state index in [4.69, 9.17) is 5.11 Å². The second kappa shape index (κ2) is 7.06. The molecular weight excluding hydrogens is 140 g/mol. The molecule has 0 aliphatic heterocycles. The second-order valence-corrected chi connectivity index (χ2v) is 2.29. The van der Waals surface area contributed by atoms with Crippen molar-refractivity contribution in [1.29, 1.82) is 0 Å². The van der Waals surface area contributed by atoms with Crippen LogP contribution in [0.5, 0.6) is 0 Å². The fraction of sp³-hybridized carbons (Fsp3) is 0.444. The highest BCUT2D eigenvalue weighted by Gasteiger charge is 1.87. The molecule has 0 aromatic carbocycles. The summed E-state index contributed by atoms with van der Waals surface area (Å²) >= 11 is 0. The lowest BCUT2D eigenvalue weighted by molar-refractivity contribution is -0.136. The lowest BCUT2D eigenvalue weighted by atomic mass is 10.2. The molecule has 1 N–H and O–H groups in total. The Morgan fingerprint density at radius 1 is 1.36 bits per heavy atom. The molecule has 0 aromatic heterocycles. The number of carboxylic acids is 1. The van der Waals surface area contributed by atoms with E-state index in [0.717, 1.165) is 19.3 Å². The van der Waals surface area contributed by atoms with E-state index in [0.29, 0.717) is 0 Å². The maximum atomic E-state index is 10.0. The van der Waals surface area contributed by atoms with Gasteiger partial charge < -0.3 is 5.11 Å². The molecule has 0 saturated carbocycles. The molecule has 0 amide bonds. The van der Waals surface area contributed by atoms with Crippen LogP contribution in [0.4, 0.5) is 0 Å². The SMILES string of the molecule is C=CCCC/C=C\CC(=O)O. The highest BCUT2D eigenvalue weighted by Crippen LogP contribution is 1.97. The molecule has 0 fully saturated rings. The van der Waals surface area contributed by atoms with Gasteiger partial charge in [0.2, 0.25) is 0 Å². The van der Waals surface area contributed by atoms with Crippen molar-refractivity contribution in [3.63, 3.8) is 0 Å². The first kappa shape index (κ1) is 9.95. The van der Waals surface area contributed by atoms with Gasteiger partial charge in [0.25, 0.3) is 0 Å². The Morgan fingerprint density at radius 2 is 2.09 bits per heavy atom. The van der Waals surface area contributed by atoms with Gasteiger partial charge in [-0.1, -0.05) is 18.2 Å². The summed E-state index contributed by atoms with van der Waals surface area (Å²) in [6.45, 7) is 3.59. The second-order valence-electron chi connectivity index (χ2n) is 2.29. The summed E-state index contributed by atoms with van der Waals surface area (Å²) in [5.41, 5.74) is 0. The Morgan fingerprint density at radius 3 is 2.64 bits per heavy atom. The lowest BCUT2D eigenvalue weighted by Crippen LogP contribution is -1.89. The Labute approximate surface area is 67.2 Å². The summed E-state index contributed by atoms with van der Waals surface area (Å²) in [6, 6.07) is 0. The van der Waals surface area contributed by atoms with E-state index in [-0.39, 0.29) is 6.42 Å². The molecular formula is C9H14O2. The first-order chi connectivity index (χ1) is 5.27. The van der Waals surface area contributed by atoms with Gasteiger partial charge in [-0.3, -0.25) is 4.79 Å². The van der Waals surface area contributed by atoms with E-state index in [1.807, 2.05) is 12.2 Å². The molecule has 2 heteroatoms. The van der Waals surface area contributed by atoms with E-state index in [1.54, 1.807) is 6.08 Å². The van der Waals surface area contributed by atoms with Gasteiger partial charge in [0.05, 0.1) is 6.42 Å². The van der Waals surface area contributed by atoms with Crippen LogP contribution in [0.2, 0.25) is 0 Å². The summed E-state index contributed by atoms with van der Waals surface area (Å²) in [5.74, 6) is -0.773. The van der Waals surface area contributed by atoms with Gasteiger partial charge in [-0.25, -0.2) is 0 Å². The standard InChI is InChI=1S/C9H14O2/c1-2-3-4-5-6-7-8-9(10)11/h2,6-7H,1,3-5,8H2,(H,10,11)/b7-6-. The van der Waals surface area contributed by atoms with E-state index >= 15 is 0 Å². The number of hydrogen-bond acceptors (Lipinski definition) is 1. The van der Waals surface area contributed by atoms with Crippen molar-refractivity contribution >= 4 is 5.97 Å². The minimum absolute atomic E-state index is 0.133. The summed E-state index contributed by atoms with van der Waals surface area (Å²) in [7, 11) is 0. The van der Waals surface area contributed by atoms with Crippen molar-refractivity contribution in [1.82, 2.24) is 0 Å². The zero-order valence-corrected chi connectivity index (χ0v) is 6.62. The third kappa shape index (κ3) is 8.95. The number of allylic oxidation sites excluding steroid dienone is 2. The van der Waals surface area contributed by atoms with Crippen molar-refractivity contribution < 1.29 is 9.90 Å². The molecule has 0 rings (SSSR count). The number of hydrogen-bond donors (Lipinski definition) is 1. The molecule has 0 aliphatic rings. The molecule has 0 saturated heterocycles. The van der Waals surface area contributed by atoms with Gasteiger partial charge in [0.1, 0.15) is 0 Å². The molecule has 0 heterocycles. The predicted molar refractivity (Wildman–Crippen MR) is 45.4 cm³/mol. The quantitative estimate of drug-likeness (QED) is 0.471. The van der Waals surface area contributed by atoms with Crippen LogP contribution in [0.1, 0.15) is 25.7 Å². The van der Waals surface area contributed by atoms with Crippen LogP contribution in [-0.2, 0) is 4.79 Å². The maximum absolute atomic E-state index is 10.0. The van der Waals surface area contributed by atoms with E-state index < -0.39 is 5.97 Å². The molecule has 0 bridgehead atoms. The van der Waals surface area contributed by atoms with E-state index in [9.17, 15) is 4.79 Å². The zero-order valence-electron chi connectivity index (χ0n) is 6.62. The number of aliphatic carboxylic acids is 1. The Hall–Kier alpha value is -1.05. The number of carboxylic acid groups (broad SMARTS) is 1. The van der Waals surface area contributed by atoms with Gasteiger partial charge in [0, 0.05) is 0 Å². The average Bonchev–Trinajstić information content (AvgIpc) is 1.96. The normalized spacial score (nSPS) is 10.2. The monoisotopic (exact) mass is 154 g/mol. The van der Waals surface area contributed by atoms with Crippen LogP contribution in [0.15, 0.2) is 24.8 Å². The average molecular weight is 154 g/mol. The molecule has 0 radical (unpaired) electrons. The molecule has 0 aliphatic carbocycles. The molecule has 62 valence electrons. The molecule has 2 nitrogen and oxygen atoms in total. The van der Waals surface area contributed by atoms with Crippen LogP contribution in [-0.4, -0.2) is 11.1 Å². The summed E-state index contributed by atoms with van der Waals surface area (Å²) in [5, 5.41) is 8.25. The Balaban J connectivity index is 3.16. The van der Waals surface area contributed by atoms with Crippen LogP contribution in [0, 0.1) is 0 Å². The van der Waals surface area contributed by atoms with Crippen LogP contribution < -0.4 is 0 Å². The molecule has 11 heavy (non-hydrogen) atoms. The first-order valence-corrected chi connectivity index (χ1v) is 3.75. The maximum Gasteiger partial charge on any atom is 0.307 e. The molecule has 0 aromatic rings. The smallest absolute Gasteiger partial charge is 0.307 e. The van der Waals surface area contributed by atoms with Gasteiger partial charge in [-0.15, -0.1) is 6.58 Å². The van der Waals surface area contributed by atoms with Crippen LogP contribution in [0.3, 0.4) is 0 Å². The van der Waals surface area contributed by atoms with Gasteiger partial charge in [-0.05, 0) is 19.3 Å². The lowest BCUT2D eigenvalue weighted by Gasteiger charge is -1.88. The topological polar surface area (TPSA) is 37.3 Å². The zero-order chi connectivity index (χ0) is 8.53. The van der Waals surface area contributed by atoms with Gasteiger partial charge in [-0.2, -0.15) is 0 Å². The van der Waals surface area contributed by atoms with E-state index in [2.05, 4.69) is 6.58 Å². The molecule has 0 unspecified atom stereocenters. The fourth-order valence-electron chi connectivity index (χ4n) is 0.682. The highest BCUT2D eigenvalue weighted by atomic mass is 16.4. The largest absolute Gasteiger partial charge is 0.481 e. The van der Waals surface area contributed by atoms with E-state index in [1.165, 1.54) is 0 Å².